The number of aliphatic hydroxyl groups excluding tert-OH is 1. The predicted molar refractivity (Wildman–Crippen MR) is 65.2 cm³/mol. The Morgan fingerprint density at radius 2 is 1.62 bits per heavy atom. The zero-order valence-electron chi connectivity index (χ0n) is 9.30. The van der Waals surface area contributed by atoms with Crippen LogP contribution in [0.5, 0.6) is 5.75 Å². The van der Waals surface area contributed by atoms with Crippen LogP contribution in [-0.4, -0.2) is 10.2 Å². The Kier molecular flexibility index (Phi) is 5.09. The summed E-state index contributed by atoms with van der Waals surface area (Å²) in [6.45, 7) is 2.08. The molecule has 0 unspecified atom stereocenters. The van der Waals surface area contributed by atoms with Crippen LogP contribution >= 0.6 is 0 Å². The maximum Gasteiger partial charge on any atom is 0.115 e. The van der Waals surface area contributed by atoms with Gasteiger partial charge in [-0.15, -0.1) is 0 Å². The number of aromatic hydroxyl groups is 1. The number of hydrogen-bond acceptors (Lipinski definition) is 2. The van der Waals surface area contributed by atoms with Crippen molar-refractivity contribution in [1.82, 2.24) is 0 Å². The van der Waals surface area contributed by atoms with Crippen molar-refractivity contribution in [3.63, 3.8) is 0 Å². The SMILES string of the molecule is Cc1cccc(O)c1.OCc1ccccc1. The molecular weight excluding hydrogens is 200 g/mol. The lowest BCUT2D eigenvalue weighted by molar-refractivity contribution is 0.282. The van der Waals surface area contributed by atoms with Crippen molar-refractivity contribution in [2.75, 3.05) is 0 Å². The molecule has 2 aromatic rings. The van der Waals surface area contributed by atoms with Gasteiger partial charge in [0.05, 0.1) is 6.61 Å². The fraction of sp³-hybridized carbons (Fsp3) is 0.143. The molecule has 16 heavy (non-hydrogen) atoms. The highest BCUT2D eigenvalue weighted by molar-refractivity contribution is 5.25. The van der Waals surface area contributed by atoms with Crippen molar-refractivity contribution in [2.45, 2.75) is 13.5 Å². The van der Waals surface area contributed by atoms with Gasteiger partial charge in [-0.1, -0.05) is 42.5 Å². The molecule has 0 aliphatic rings. The summed E-state index contributed by atoms with van der Waals surface area (Å²) < 4.78 is 0. The summed E-state index contributed by atoms with van der Waals surface area (Å²) >= 11 is 0. The smallest absolute Gasteiger partial charge is 0.115 e. The molecule has 0 fully saturated rings. The number of aryl methyl sites for hydroxylation is 1. The minimum atomic E-state index is 0.140. The van der Waals surface area contributed by atoms with E-state index in [9.17, 15) is 0 Å². The maximum atomic E-state index is 8.81. The molecule has 2 nitrogen and oxygen atoms in total. The first-order chi connectivity index (χ1) is 7.72. The maximum absolute atomic E-state index is 8.81. The molecule has 0 bridgehead atoms. The minimum Gasteiger partial charge on any atom is -0.508 e. The number of benzene rings is 2. The second-order valence-corrected chi connectivity index (χ2v) is 3.48. The van der Waals surface area contributed by atoms with Gasteiger partial charge < -0.3 is 10.2 Å². The van der Waals surface area contributed by atoms with E-state index in [1.54, 1.807) is 12.1 Å². The first-order valence-electron chi connectivity index (χ1n) is 5.13. The topological polar surface area (TPSA) is 40.5 Å². The van der Waals surface area contributed by atoms with Crippen molar-refractivity contribution in [3.8, 4) is 5.75 Å². The van der Waals surface area contributed by atoms with Gasteiger partial charge in [0.2, 0.25) is 0 Å². The van der Waals surface area contributed by atoms with Crippen molar-refractivity contribution in [1.29, 1.82) is 0 Å². The van der Waals surface area contributed by atoms with E-state index < -0.39 is 0 Å². The van der Waals surface area contributed by atoms with E-state index in [1.165, 1.54) is 0 Å². The molecule has 0 radical (unpaired) electrons. The van der Waals surface area contributed by atoms with Crippen LogP contribution in [0, 0.1) is 6.92 Å². The van der Waals surface area contributed by atoms with Crippen molar-refractivity contribution >= 4 is 0 Å². The third-order valence-corrected chi connectivity index (χ3v) is 2.03. The Morgan fingerprint density at radius 3 is 2.00 bits per heavy atom. The third kappa shape index (κ3) is 4.62. The first-order valence-corrected chi connectivity index (χ1v) is 5.13. The van der Waals surface area contributed by atoms with Crippen molar-refractivity contribution < 1.29 is 10.2 Å². The lowest BCUT2D eigenvalue weighted by Crippen LogP contribution is -1.77. The van der Waals surface area contributed by atoms with Crippen LogP contribution in [0.3, 0.4) is 0 Å². The summed E-state index contributed by atoms with van der Waals surface area (Å²) in [4.78, 5) is 0. The molecule has 2 aromatic carbocycles. The molecule has 0 aliphatic heterocycles. The Hall–Kier alpha value is -1.80. The van der Waals surface area contributed by atoms with E-state index in [1.807, 2.05) is 49.4 Å². The van der Waals surface area contributed by atoms with Gasteiger partial charge in [-0.3, -0.25) is 0 Å². The second-order valence-electron chi connectivity index (χ2n) is 3.48. The van der Waals surface area contributed by atoms with E-state index in [4.69, 9.17) is 10.2 Å². The predicted octanol–water partition coefficient (Wildman–Crippen LogP) is 2.88. The first kappa shape index (κ1) is 12.3. The highest BCUT2D eigenvalue weighted by Crippen LogP contribution is 2.08. The molecule has 0 spiro atoms. The molecule has 0 aliphatic carbocycles. The molecule has 2 N–H and O–H groups in total. The normalized spacial score (nSPS) is 9.12. The number of hydrogen-bond donors (Lipinski definition) is 2. The zero-order valence-corrected chi connectivity index (χ0v) is 9.30. The van der Waals surface area contributed by atoms with Crippen LogP contribution in [-0.2, 0) is 6.61 Å². The summed E-state index contributed by atoms with van der Waals surface area (Å²) in [5, 5.41) is 17.4. The summed E-state index contributed by atoms with van der Waals surface area (Å²) in [5.41, 5.74) is 2.05. The monoisotopic (exact) mass is 216 g/mol. The molecule has 2 rings (SSSR count). The Morgan fingerprint density at radius 1 is 0.938 bits per heavy atom. The molecule has 84 valence electrons. The lowest BCUT2D eigenvalue weighted by atomic mass is 10.2. The standard InChI is InChI=1S/2C7H8O/c1-6-3-2-4-7(8)5-6;8-6-7-4-2-1-3-5-7/h2-5,8H,1H3;1-5,8H,6H2. The lowest BCUT2D eigenvalue weighted by Gasteiger charge is -1.89. The van der Waals surface area contributed by atoms with Crippen LogP contribution < -0.4 is 0 Å². The molecular formula is C14H16O2. The van der Waals surface area contributed by atoms with E-state index in [-0.39, 0.29) is 6.61 Å². The highest BCUT2D eigenvalue weighted by atomic mass is 16.3. The Labute approximate surface area is 95.8 Å². The van der Waals surface area contributed by atoms with Crippen LogP contribution in [0.2, 0.25) is 0 Å². The second kappa shape index (κ2) is 6.64. The zero-order chi connectivity index (χ0) is 11.8. The number of phenolic OH excluding ortho intramolecular Hbond substituents is 1. The van der Waals surface area contributed by atoms with Gasteiger partial charge >= 0.3 is 0 Å². The molecule has 0 atom stereocenters. The quantitative estimate of drug-likeness (QED) is 0.769. The van der Waals surface area contributed by atoms with Gasteiger partial charge in [0.15, 0.2) is 0 Å². The third-order valence-electron chi connectivity index (χ3n) is 2.03. The summed E-state index contributed by atoms with van der Waals surface area (Å²) in [6.07, 6.45) is 0. The van der Waals surface area contributed by atoms with Gasteiger partial charge in [0.1, 0.15) is 5.75 Å². The van der Waals surface area contributed by atoms with Gasteiger partial charge in [-0.2, -0.15) is 0 Å². The fourth-order valence-electron chi connectivity index (χ4n) is 1.21. The molecule has 0 saturated carbocycles. The number of phenols is 1. The van der Waals surface area contributed by atoms with Crippen LogP contribution in [0.1, 0.15) is 11.1 Å². The highest BCUT2D eigenvalue weighted by Gasteiger charge is 1.83. The Balaban J connectivity index is 0.000000160. The van der Waals surface area contributed by atoms with Gasteiger partial charge in [0.25, 0.3) is 0 Å². The minimum absolute atomic E-state index is 0.140. The summed E-state index contributed by atoms with van der Waals surface area (Å²) in [5.74, 6) is 0.338. The average Bonchev–Trinajstić information content (AvgIpc) is 2.31. The van der Waals surface area contributed by atoms with Gasteiger partial charge in [-0.25, -0.2) is 0 Å². The number of rotatable bonds is 1. The molecule has 0 saturated heterocycles. The van der Waals surface area contributed by atoms with Crippen LogP contribution in [0.25, 0.3) is 0 Å². The van der Waals surface area contributed by atoms with Crippen LogP contribution in [0.15, 0.2) is 54.6 Å². The van der Waals surface area contributed by atoms with E-state index in [0.717, 1.165) is 11.1 Å². The van der Waals surface area contributed by atoms with E-state index >= 15 is 0 Å². The average molecular weight is 216 g/mol. The fourth-order valence-corrected chi connectivity index (χ4v) is 1.21. The molecule has 0 amide bonds. The summed E-state index contributed by atoms with van der Waals surface area (Å²) in [7, 11) is 0. The van der Waals surface area contributed by atoms with Gasteiger partial charge in [-0.05, 0) is 30.2 Å². The van der Waals surface area contributed by atoms with Crippen molar-refractivity contribution in [2.24, 2.45) is 0 Å². The molecule has 0 heterocycles. The molecule has 0 aromatic heterocycles. The molecule has 2 heteroatoms. The number of aliphatic hydroxyl groups is 1. The summed E-state index contributed by atoms with van der Waals surface area (Å²) in [6, 6.07) is 16.7. The van der Waals surface area contributed by atoms with Crippen molar-refractivity contribution in [3.05, 3.63) is 65.7 Å². The van der Waals surface area contributed by atoms with Gasteiger partial charge in [0, 0.05) is 0 Å². The Bertz CT molecular complexity index is 393. The van der Waals surface area contributed by atoms with E-state index in [2.05, 4.69) is 0 Å². The van der Waals surface area contributed by atoms with Crippen LogP contribution in [0.4, 0.5) is 0 Å². The van der Waals surface area contributed by atoms with E-state index in [0.29, 0.717) is 5.75 Å². The largest absolute Gasteiger partial charge is 0.508 e.